The second kappa shape index (κ2) is 8.76. The van der Waals surface area contributed by atoms with Gasteiger partial charge in [0.1, 0.15) is 6.61 Å². The van der Waals surface area contributed by atoms with Gasteiger partial charge in [-0.2, -0.15) is 0 Å². The van der Waals surface area contributed by atoms with Gasteiger partial charge in [-0.15, -0.1) is 0 Å². The van der Waals surface area contributed by atoms with Crippen LogP contribution in [0.1, 0.15) is 13.3 Å². The second-order valence-electron chi connectivity index (χ2n) is 6.61. The third kappa shape index (κ3) is 11.4. The van der Waals surface area contributed by atoms with Crippen LogP contribution in [0, 0.1) is 0 Å². The summed E-state index contributed by atoms with van der Waals surface area (Å²) in [6.45, 7) is 17.8. The number of rotatable bonds is 10. The molecule has 0 atom stereocenters. The SMILES string of the molecule is C=C(C)C(=O)OCCOCCC[Si](C)(C)O[Si](C)(C)C. The van der Waals surface area contributed by atoms with Gasteiger partial charge in [0.05, 0.1) is 6.61 Å². The molecule has 0 radical (unpaired) electrons. The first-order valence-corrected chi connectivity index (χ1v) is 13.7. The molecule has 0 fully saturated rings. The van der Waals surface area contributed by atoms with E-state index in [1.165, 1.54) is 0 Å². The van der Waals surface area contributed by atoms with Crippen LogP contribution in [0.4, 0.5) is 0 Å². The van der Waals surface area contributed by atoms with Crippen molar-refractivity contribution in [3.05, 3.63) is 12.2 Å². The van der Waals surface area contributed by atoms with Crippen LogP contribution in [0.5, 0.6) is 0 Å². The van der Waals surface area contributed by atoms with E-state index in [4.69, 9.17) is 13.6 Å². The Morgan fingerprint density at radius 1 is 1.05 bits per heavy atom. The molecule has 0 aromatic heterocycles. The standard InChI is InChI=1S/C14H30O4Si2/c1-13(2)14(15)17-11-10-16-9-8-12-20(6,7)18-19(3,4)5/h1,8-12H2,2-7H3. The van der Waals surface area contributed by atoms with Crippen LogP contribution >= 0.6 is 0 Å². The average Bonchev–Trinajstić information content (AvgIpc) is 2.23. The predicted octanol–water partition coefficient (Wildman–Crippen LogP) is 3.57. The number of hydrogen-bond donors (Lipinski definition) is 0. The summed E-state index contributed by atoms with van der Waals surface area (Å²) in [5.41, 5.74) is 0.418. The van der Waals surface area contributed by atoms with E-state index in [9.17, 15) is 4.79 Å². The van der Waals surface area contributed by atoms with Crippen LogP contribution in [0.2, 0.25) is 38.8 Å². The van der Waals surface area contributed by atoms with E-state index in [-0.39, 0.29) is 12.6 Å². The van der Waals surface area contributed by atoms with Crippen molar-refractivity contribution in [1.82, 2.24) is 0 Å². The van der Waals surface area contributed by atoms with Crippen LogP contribution in [0.3, 0.4) is 0 Å². The third-order valence-corrected chi connectivity index (χ3v) is 8.68. The molecule has 0 heterocycles. The lowest BCUT2D eigenvalue weighted by Gasteiger charge is -2.31. The lowest BCUT2D eigenvalue weighted by Crippen LogP contribution is -2.42. The highest BCUT2D eigenvalue weighted by molar-refractivity contribution is 6.84. The second-order valence-corrected chi connectivity index (χ2v) is 15.7. The smallest absolute Gasteiger partial charge is 0.333 e. The van der Waals surface area contributed by atoms with Gasteiger partial charge in [0.15, 0.2) is 16.6 Å². The lowest BCUT2D eigenvalue weighted by atomic mass is 10.4. The molecule has 20 heavy (non-hydrogen) atoms. The molecular formula is C14H30O4Si2. The molecule has 0 N–H and O–H groups in total. The summed E-state index contributed by atoms with van der Waals surface area (Å²) >= 11 is 0. The van der Waals surface area contributed by atoms with Crippen molar-refractivity contribution < 1.29 is 18.4 Å². The molecular weight excluding hydrogens is 288 g/mol. The van der Waals surface area contributed by atoms with Crippen molar-refractivity contribution in [3.8, 4) is 0 Å². The molecule has 0 aliphatic heterocycles. The molecule has 0 aliphatic rings. The van der Waals surface area contributed by atoms with Crippen molar-refractivity contribution >= 4 is 22.6 Å². The summed E-state index contributed by atoms with van der Waals surface area (Å²) in [4.78, 5) is 11.1. The number of esters is 1. The summed E-state index contributed by atoms with van der Waals surface area (Å²) in [5, 5.41) is 0. The monoisotopic (exact) mass is 318 g/mol. The molecule has 6 heteroatoms. The van der Waals surface area contributed by atoms with Crippen LogP contribution in [-0.4, -0.2) is 42.4 Å². The number of carbonyl (C=O) groups excluding carboxylic acids is 1. The molecule has 118 valence electrons. The fourth-order valence-electron chi connectivity index (χ4n) is 1.90. The van der Waals surface area contributed by atoms with Crippen LogP contribution in [0.15, 0.2) is 12.2 Å². The first-order valence-electron chi connectivity index (χ1n) is 7.14. The Bertz CT molecular complexity index is 322. The zero-order valence-electron chi connectivity index (χ0n) is 13.9. The summed E-state index contributed by atoms with van der Waals surface area (Å²) in [7, 11) is -3.00. The van der Waals surface area contributed by atoms with Gasteiger partial charge in [0.2, 0.25) is 0 Å². The van der Waals surface area contributed by atoms with E-state index in [0.717, 1.165) is 12.5 Å². The minimum absolute atomic E-state index is 0.290. The van der Waals surface area contributed by atoms with E-state index < -0.39 is 16.6 Å². The Morgan fingerprint density at radius 3 is 2.15 bits per heavy atom. The minimum atomic E-state index is -1.56. The van der Waals surface area contributed by atoms with Crippen molar-refractivity contribution in [2.75, 3.05) is 19.8 Å². The summed E-state index contributed by atoms with van der Waals surface area (Å²) < 4.78 is 16.7. The minimum Gasteiger partial charge on any atom is -0.460 e. The van der Waals surface area contributed by atoms with Gasteiger partial charge in [0, 0.05) is 12.2 Å². The molecule has 0 unspecified atom stereocenters. The molecule has 0 saturated heterocycles. The Morgan fingerprint density at radius 2 is 1.65 bits per heavy atom. The maximum absolute atomic E-state index is 11.1. The van der Waals surface area contributed by atoms with Gasteiger partial charge in [-0.1, -0.05) is 6.58 Å². The third-order valence-electron chi connectivity index (χ3n) is 2.46. The Labute approximate surface area is 125 Å². The Balaban J connectivity index is 3.62. The van der Waals surface area contributed by atoms with Gasteiger partial charge in [-0.05, 0) is 52.1 Å². The first-order chi connectivity index (χ1) is 9.03. The van der Waals surface area contributed by atoms with Gasteiger partial charge in [-0.25, -0.2) is 4.79 Å². The number of carbonyl (C=O) groups is 1. The van der Waals surface area contributed by atoms with Gasteiger partial charge in [-0.3, -0.25) is 0 Å². The van der Waals surface area contributed by atoms with Crippen molar-refractivity contribution in [2.45, 2.75) is 52.1 Å². The van der Waals surface area contributed by atoms with Gasteiger partial charge >= 0.3 is 5.97 Å². The fraction of sp³-hybridized carbons (Fsp3) is 0.786. The molecule has 0 rings (SSSR count). The predicted molar refractivity (Wildman–Crippen MR) is 87.9 cm³/mol. The van der Waals surface area contributed by atoms with Gasteiger partial charge < -0.3 is 13.6 Å². The highest BCUT2D eigenvalue weighted by Gasteiger charge is 2.28. The number of ether oxygens (including phenoxy) is 2. The quantitative estimate of drug-likeness (QED) is 0.267. The average molecular weight is 319 g/mol. The zero-order valence-corrected chi connectivity index (χ0v) is 15.9. The molecule has 0 aliphatic carbocycles. The highest BCUT2D eigenvalue weighted by Crippen LogP contribution is 2.19. The summed E-state index contributed by atoms with van der Waals surface area (Å²) in [6.07, 6.45) is 0.998. The molecule has 0 bridgehead atoms. The van der Waals surface area contributed by atoms with E-state index in [1.807, 2.05) is 0 Å². The molecule has 4 nitrogen and oxygen atoms in total. The molecule has 0 spiro atoms. The summed E-state index contributed by atoms with van der Waals surface area (Å²) in [6, 6.07) is 1.10. The topological polar surface area (TPSA) is 44.8 Å². The van der Waals surface area contributed by atoms with Crippen molar-refractivity contribution in [1.29, 1.82) is 0 Å². The summed E-state index contributed by atoms with van der Waals surface area (Å²) in [5.74, 6) is -0.356. The fourth-order valence-corrected chi connectivity index (χ4v) is 9.93. The van der Waals surface area contributed by atoms with Crippen LogP contribution in [0.25, 0.3) is 0 Å². The molecule has 0 amide bonds. The normalized spacial score (nSPS) is 12.3. The molecule has 0 saturated carbocycles. The van der Waals surface area contributed by atoms with Crippen molar-refractivity contribution in [3.63, 3.8) is 0 Å². The van der Waals surface area contributed by atoms with Crippen LogP contribution < -0.4 is 0 Å². The maximum Gasteiger partial charge on any atom is 0.333 e. The van der Waals surface area contributed by atoms with E-state index >= 15 is 0 Å². The Kier molecular flexibility index (Phi) is 8.57. The van der Waals surface area contributed by atoms with E-state index in [0.29, 0.717) is 18.8 Å². The maximum atomic E-state index is 11.1. The largest absolute Gasteiger partial charge is 0.460 e. The highest BCUT2D eigenvalue weighted by atomic mass is 28.4. The zero-order chi connectivity index (χ0) is 15.8. The molecule has 0 aromatic carbocycles. The van der Waals surface area contributed by atoms with Crippen LogP contribution in [-0.2, 0) is 18.4 Å². The number of hydrogen-bond acceptors (Lipinski definition) is 4. The van der Waals surface area contributed by atoms with E-state index in [1.54, 1.807) is 6.92 Å². The first kappa shape index (κ1) is 19.6. The Hall–Kier alpha value is -0.436. The molecule has 0 aromatic rings. The lowest BCUT2D eigenvalue weighted by molar-refractivity contribution is -0.140. The van der Waals surface area contributed by atoms with Gasteiger partial charge in [0.25, 0.3) is 0 Å². The van der Waals surface area contributed by atoms with Crippen molar-refractivity contribution in [2.24, 2.45) is 0 Å². The van der Waals surface area contributed by atoms with E-state index in [2.05, 4.69) is 39.3 Å².